The molecule has 1 aliphatic heterocycles. The summed E-state index contributed by atoms with van der Waals surface area (Å²) in [6.45, 7) is 2.17. The van der Waals surface area contributed by atoms with Crippen molar-refractivity contribution >= 4 is 17.4 Å². The molecule has 0 spiro atoms. The zero-order valence-corrected chi connectivity index (χ0v) is 18.6. The fourth-order valence-electron chi connectivity index (χ4n) is 3.60. The van der Waals surface area contributed by atoms with Crippen LogP contribution in [0.1, 0.15) is 17.0 Å². The molecule has 0 saturated carbocycles. The van der Waals surface area contributed by atoms with E-state index in [4.69, 9.17) is 18.6 Å². The molecule has 3 aromatic carbocycles. The number of carbonyl (C=O) groups excluding carboxylic acids is 1. The van der Waals surface area contributed by atoms with Gasteiger partial charge in [0.25, 0.3) is 0 Å². The molecule has 4 aromatic rings. The van der Waals surface area contributed by atoms with Crippen LogP contribution in [-0.2, 0) is 6.42 Å². The van der Waals surface area contributed by atoms with Crippen LogP contribution in [-0.4, -0.2) is 30.1 Å². The Hall–Kier alpha value is -4.53. The second-order valence-corrected chi connectivity index (χ2v) is 7.73. The minimum atomic E-state index is -0.393. The first-order valence-corrected chi connectivity index (χ1v) is 10.6. The quantitative estimate of drug-likeness (QED) is 0.418. The molecule has 1 aromatic heterocycles. The molecule has 5 rings (SSSR count). The Morgan fingerprint density at radius 1 is 1.00 bits per heavy atom. The average Bonchev–Trinajstić information content (AvgIpc) is 3.49. The first-order chi connectivity index (χ1) is 16.6. The van der Waals surface area contributed by atoms with Crippen LogP contribution < -0.4 is 24.8 Å². The number of nitrogens with one attached hydrogen (secondary N) is 2. The summed E-state index contributed by atoms with van der Waals surface area (Å²) >= 11 is 0. The molecule has 9 nitrogen and oxygen atoms in total. The Morgan fingerprint density at radius 3 is 2.76 bits per heavy atom. The molecule has 1 aliphatic rings. The fourth-order valence-corrected chi connectivity index (χ4v) is 3.60. The van der Waals surface area contributed by atoms with E-state index in [0.29, 0.717) is 46.6 Å². The van der Waals surface area contributed by atoms with Crippen molar-refractivity contribution < 1.29 is 23.4 Å². The molecule has 0 fully saturated rings. The van der Waals surface area contributed by atoms with Gasteiger partial charge in [0.05, 0.1) is 19.2 Å². The van der Waals surface area contributed by atoms with Crippen molar-refractivity contribution in [2.75, 3.05) is 24.5 Å². The molecule has 2 heterocycles. The van der Waals surface area contributed by atoms with Crippen molar-refractivity contribution in [1.82, 2.24) is 10.2 Å². The first-order valence-electron chi connectivity index (χ1n) is 10.6. The highest BCUT2D eigenvalue weighted by atomic mass is 16.7. The van der Waals surface area contributed by atoms with E-state index < -0.39 is 6.03 Å². The number of benzene rings is 3. The van der Waals surface area contributed by atoms with Crippen LogP contribution in [0.5, 0.6) is 17.2 Å². The lowest BCUT2D eigenvalue weighted by molar-refractivity contribution is 0.174. The molecular formula is C25H22N4O5. The van der Waals surface area contributed by atoms with E-state index >= 15 is 0 Å². The summed E-state index contributed by atoms with van der Waals surface area (Å²) in [5, 5.41) is 13.9. The van der Waals surface area contributed by atoms with Crippen LogP contribution in [0.3, 0.4) is 0 Å². The Balaban J connectivity index is 1.27. The number of aryl methyl sites for hydroxylation is 1. The van der Waals surface area contributed by atoms with Crippen molar-refractivity contribution in [3.8, 4) is 28.7 Å². The molecule has 0 unspecified atom stereocenters. The van der Waals surface area contributed by atoms with Crippen LogP contribution in [0.15, 0.2) is 65.1 Å². The molecule has 2 N–H and O–H groups in total. The largest absolute Gasteiger partial charge is 0.495 e. The number of amides is 2. The van der Waals surface area contributed by atoms with Gasteiger partial charge in [0.15, 0.2) is 11.5 Å². The lowest BCUT2D eigenvalue weighted by Gasteiger charge is -2.12. The third-order valence-electron chi connectivity index (χ3n) is 5.23. The van der Waals surface area contributed by atoms with Crippen LogP contribution in [0, 0.1) is 6.92 Å². The number of nitrogens with zero attached hydrogens (tertiary/aromatic N) is 2. The Kier molecular flexibility index (Phi) is 5.73. The second kappa shape index (κ2) is 9.14. The number of aromatic nitrogens is 2. The zero-order valence-electron chi connectivity index (χ0n) is 18.6. The highest BCUT2D eigenvalue weighted by molar-refractivity contribution is 6.01. The van der Waals surface area contributed by atoms with Gasteiger partial charge >= 0.3 is 6.03 Å². The van der Waals surface area contributed by atoms with Crippen LogP contribution in [0.25, 0.3) is 11.5 Å². The number of fused-ring (bicyclic) bond motifs is 1. The molecule has 0 radical (unpaired) electrons. The number of carbonyl (C=O) groups is 1. The van der Waals surface area contributed by atoms with E-state index in [1.165, 1.54) is 0 Å². The summed E-state index contributed by atoms with van der Waals surface area (Å²) in [7, 11) is 1.56. The number of hydrogen-bond donors (Lipinski definition) is 2. The van der Waals surface area contributed by atoms with Gasteiger partial charge in [-0.25, -0.2) is 4.79 Å². The molecule has 2 amide bonds. The molecule has 172 valence electrons. The van der Waals surface area contributed by atoms with Gasteiger partial charge in [-0.1, -0.05) is 18.2 Å². The van der Waals surface area contributed by atoms with Gasteiger partial charge in [0.2, 0.25) is 18.6 Å². The van der Waals surface area contributed by atoms with E-state index in [1.54, 1.807) is 25.3 Å². The zero-order chi connectivity index (χ0) is 23.5. The smallest absolute Gasteiger partial charge is 0.323 e. The van der Waals surface area contributed by atoms with Crippen LogP contribution in [0.2, 0.25) is 0 Å². The monoisotopic (exact) mass is 458 g/mol. The average molecular weight is 458 g/mol. The predicted octanol–water partition coefficient (Wildman–Crippen LogP) is 5.02. The highest BCUT2D eigenvalue weighted by Crippen LogP contribution is 2.33. The Labute approximate surface area is 195 Å². The van der Waals surface area contributed by atoms with Crippen LogP contribution >= 0.6 is 0 Å². The Morgan fingerprint density at radius 2 is 1.88 bits per heavy atom. The molecular weight excluding hydrogens is 436 g/mol. The topological polar surface area (TPSA) is 108 Å². The number of methoxy groups -OCH3 is 1. The molecule has 0 bridgehead atoms. The molecule has 0 atom stereocenters. The molecule has 0 saturated heterocycles. The van der Waals surface area contributed by atoms with E-state index in [-0.39, 0.29) is 6.79 Å². The SMILES string of the molecule is COc1ccc(C)cc1NC(=O)Nc1cccc(-c2nnc(Cc3ccc4c(c3)OCO4)o2)c1. The maximum atomic E-state index is 12.5. The van der Waals surface area contributed by atoms with Crippen molar-refractivity contribution in [3.05, 3.63) is 77.7 Å². The second-order valence-electron chi connectivity index (χ2n) is 7.73. The van der Waals surface area contributed by atoms with E-state index in [9.17, 15) is 4.79 Å². The summed E-state index contributed by atoms with van der Waals surface area (Å²) in [5.74, 6) is 2.84. The molecule has 0 aliphatic carbocycles. The lowest BCUT2D eigenvalue weighted by Crippen LogP contribution is -2.19. The number of urea groups is 1. The lowest BCUT2D eigenvalue weighted by atomic mass is 10.1. The number of anilines is 2. The minimum absolute atomic E-state index is 0.227. The van der Waals surface area contributed by atoms with E-state index in [1.807, 2.05) is 49.4 Å². The van der Waals surface area contributed by atoms with Gasteiger partial charge in [-0.05, 0) is 60.5 Å². The van der Waals surface area contributed by atoms with E-state index in [0.717, 1.165) is 16.9 Å². The van der Waals surface area contributed by atoms with Gasteiger partial charge in [0.1, 0.15) is 5.75 Å². The molecule has 9 heteroatoms. The van der Waals surface area contributed by atoms with Crippen LogP contribution in [0.4, 0.5) is 16.2 Å². The van der Waals surface area contributed by atoms with Gasteiger partial charge < -0.3 is 29.3 Å². The minimum Gasteiger partial charge on any atom is -0.495 e. The third kappa shape index (κ3) is 4.63. The normalized spacial score (nSPS) is 11.8. The Bertz CT molecular complexity index is 1350. The maximum absolute atomic E-state index is 12.5. The summed E-state index contributed by atoms with van der Waals surface area (Å²) in [6.07, 6.45) is 0.461. The summed E-state index contributed by atoms with van der Waals surface area (Å²) < 4.78 is 21.9. The predicted molar refractivity (Wildman–Crippen MR) is 125 cm³/mol. The summed E-state index contributed by atoms with van der Waals surface area (Å²) in [5.41, 5.74) is 3.83. The highest BCUT2D eigenvalue weighted by Gasteiger charge is 2.16. The number of ether oxygens (including phenoxy) is 3. The number of rotatable bonds is 6. The fraction of sp³-hybridized carbons (Fsp3) is 0.160. The standard InChI is InChI=1S/C25H22N4O5/c1-15-6-8-20(31-2)19(10-15)27-25(30)26-18-5-3-4-17(13-18)24-29-28-23(34-24)12-16-7-9-21-22(11-16)33-14-32-21/h3-11,13H,12,14H2,1-2H3,(H2,26,27,30). The van der Waals surface area contributed by atoms with Crippen molar-refractivity contribution in [2.45, 2.75) is 13.3 Å². The maximum Gasteiger partial charge on any atom is 0.323 e. The van der Waals surface area contributed by atoms with Gasteiger partial charge in [-0.15, -0.1) is 10.2 Å². The van der Waals surface area contributed by atoms with Gasteiger partial charge in [-0.3, -0.25) is 0 Å². The molecule has 34 heavy (non-hydrogen) atoms. The van der Waals surface area contributed by atoms with Crippen molar-refractivity contribution in [2.24, 2.45) is 0 Å². The summed E-state index contributed by atoms with van der Waals surface area (Å²) in [4.78, 5) is 12.5. The van der Waals surface area contributed by atoms with E-state index in [2.05, 4.69) is 20.8 Å². The first kappa shape index (κ1) is 21.3. The number of hydrogen-bond acceptors (Lipinski definition) is 7. The van der Waals surface area contributed by atoms with Gasteiger partial charge in [-0.2, -0.15) is 0 Å². The van der Waals surface area contributed by atoms with Crippen molar-refractivity contribution in [1.29, 1.82) is 0 Å². The summed E-state index contributed by atoms with van der Waals surface area (Å²) in [6, 6.07) is 18.1. The van der Waals surface area contributed by atoms with Gasteiger partial charge in [0, 0.05) is 11.3 Å². The van der Waals surface area contributed by atoms with Crippen molar-refractivity contribution in [3.63, 3.8) is 0 Å². The third-order valence-corrected chi connectivity index (χ3v) is 5.23.